The minimum absolute atomic E-state index is 0.0440. The Morgan fingerprint density at radius 2 is 2.67 bits per heavy atom. The lowest BCUT2D eigenvalue weighted by Crippen LogP contribution is -2.30. The predicted molar refractivity (Wildman–Crippen MR) is 23.7 cm³/mol. The van der Waals surface area contributed by atoms with Crippen LogP contribution in [-0.4, -0.2) is 26.2 Å². The average molecular weight is 90.1 g/mol. The van der Waals surface area contributed by atoms with E-state index < -0.39 is 13.0 Å². The SMILES string of the molecule is [2H]C1COCC([2H])([2H])N1. The molecule has 36 valence electrons. The highest BCUT2D eigenvalue weighted by Crippen LogP contribution is 1.76. The van der Waals surface area contributed by atoms with Gasteiger partial charge in [-0.15, -0.1) is 0 Å². The summed E-state index contributed by atoms with van der Waals surface area (Å²) in [5.74, 6) is 0. The first-order chi connectivity index (χ1) is 4.10. The summed E-state index contributed by atoms with van der Waals surface area (Å²) in [6.07, 6.45) is 0. The minimum Gasteiger partial charge on any atom is -0.379 e. The predicted octanol–water partition coefficient (Wildman–Crippen LogP) is -0.394. The van der Waals surface area contributed by atoms with E-state index in [2.05, 4.69) is 5.32 Å². The third kappa shape index (κ3) is 0.954. The Morgan fingerprint density at radius 1 is 1.67 bits per heavy atom. The number of hydrogen-bond donors (Lipinski definition) is 1. The zero-order valence-corrected chi connectivity index (χ0v) is 3.40. The lowest BCUT2D eigenvalue weighted by molar-refractivity contribution is 0.109. The molecule has 1 rings (SSSR count). The van der Waals surface area contributed by atoms with Gasteiger partial charge in [-0.3, -0.25) is 0 Å². The highest BCUT2D eigenvalue weighted by Gasteiger charge is 1.92. The van der Waals surface area contributed by atoms with Gasteiger partial charge in [0.1, 0.15) is 0 Å². The number of hydrogen-bond acceptors (Lipinski definition) is 2. The lowest BCUT2D eigenvalue weighted by Gasteiger charge is -2.10. The molecule has 1 N–H and O–H groups in total. The summed E-state index contributed by atoms with van der Waals surface area (Å²) in [6, 6.07) is 0. The first-order valence-corrected chi connectivity index (χ1v) is 1.88. The maximum absolute atomic E-state index is 7.07. The van der Waals surface area contributed by atoms with Crippen LogP contribution in [0, 0.1) is 0 Å². The second kappa shape index (κ2) is 2.16. The molecular formula is C4H9NO. The van der Waals surface area contributed by atoms with Gasteiger partial charge in [-0.25, -0.2) is 0 Å². The van der Waals surface area contributed by atoms with Crippen LogP contribution in [0.1, 0.15) is 4.11 Å². The Morgan fingerprint density at radius 3 is 3.17 bits per heavy atom. The fourth-order valence-corrected chi connectivity index (χ4v) is 0.324. The number of rotatable bonds is 0. The highest BCUT2D eigenvalue weighted by atomic mass is 16.5. The maximum Gasteiger partial charge on any atom is 0.0591 e. The van der Waals surface area contributed by atoms with Crippen LogP contribution in [0.5, 0.6) is 0 Å². The lowest BCUT2D eigenvalue weighted by atomic mass is 10.5. The first-order valence-electron chi connectivity index (χ1n) is 3.46. The Labute approximate surface area is 41.7 Å². The van der Waals surface area contributed by atoms with Crippen LogP contribution < -0.4 is 5.32 Å². The average Bonchev–Trinajstić information content (AvgIpc) is 1.60. The molecule has 1 unspecified atom stereocenters. The van der Waals surface area contributed by atoms with E-state index in [4.69, 9.17) is 8.85 Å². The summed E-state index contributed by atoms with van der Waals surface area (Å²) in [5.41, 5.74) is 0. The second-order valence-corrected chi connectivity index (χ2v) is 1.04. The van der Waals surface area contributed by atoms with Gasteiger partial charge in [-0.1, -0.05) is 0 Å². The van der Waals surface area contributed by atoms with Crippen molar-refractivity contribution < 1.29 is 8.85 Å². The molecule has 0 aromatic heterocycles. The molecule has 0 bridgehead atoms. The normalized spacial score (nSPS) is 52.0. The van der Waals surface area contributed by atoms with Gasteiger partial charge in [0.05, 0.1) is 13.2 Å². The molecule has 0 aromatic carbocycles. The molecule has 0 aromatic rings. The molecule has 0 amide bonds. The van der Waals surface area contributed by atoms with Crippen LogP contribution in [0.2, 0.25) is 0 Å². The smallest absolute Gasteiger partial charge is 0.0591 e. The van der Waals surface area contributed by atoms with Crippen molar-refractivity contribution in [1.29, 1.82) is 0 Å². The van der Waals surface area contributed by atoms with E-state index in [0.717, 1.165) is 0 Å². The van der Waals surface area contributed by atoms with Crippen LogP contribution in [-0.2, 0) is 4.74 Å². The standard InChI is InChI=1S/C4H9NO/c1-3-6-4-2-5-1/h5H,1-4H2/i1D,2D2. The van der Waals surface area contributed by atoms with Gasteiger partial charge < -0.3 is 10.1 Å². The monoisotopic (exact) mass is 90.1 g/mol. The van der Waals surface area contributed by atoms with Gasteiger partial charge in [0.25, 0.3) is 0 Å². The zero-order valence-electron chi connectivity index (χ0n) is 6.40. The van der Waals surface area contributed by atoms with Gasteiger partial charge in [0, 0.05) is 17.1 Å². The van der Waals surface area contributed by atoms with Crippen LogP contribution in [0.15, 0.2) is 0 Å². The van der Waals surface area contributed by atoms with Crippen molar-refractivity contribution in [3.8, 4) is 0 Å². The zero-order chi connectivity index (χ0) is 6.91. The molecule has 0 spiro atoms. The van der Waals surface area contributed by atoms with Crippen molar-refractivity contribution in [2.75, 3.05) is 26.2 Å². The van der Waals surface area contributed by atoms with Crippen molar-refractivity contribution in [2.45, 2.75) is 0 Å². The summed E-state index contributed by atoms with van der Waals surface area (Å²) in [6.45, 7) is -1.80. The van der Waals surface area contributed by atoms with Gasteiger partial charge >= 0.3 is 0 Å². The summed E-state index contributed by atoms with van der Waals surface area (Å²) < 4.78 is 26.0. The van der Waals surface area contributed by atoms with E-state index in [1.54, 1.807) is 0 Å². The van der Waals surface area contributed by atoms with Crippen LogP contribution in [0.4, 0.5) is 0 Å². The van der Waals surface area contributed by atoms with Crippen molar-refractivity contribution >= 4 is 0 Å². The maximum atomic E-state index is 7.07. The number of ether oxygens (including phenoxy) is 1. The highest BCUT2D eigenvalue weighted by molar-refractivity contribution is 4.49. The molecule has 1 saturated heterocycles. The van der Waals surface area contributed by atoms with Crippen molar-refractivity contribution in [3.63, 3.8) is 0 Å². The molecule has 0 radical (unpaired) electrons. The molecule has 1 aliphatic heterocycles. The van der Waals surface area contributed by atoms with Crippen LogP contribution >= 0.6 is 0 Å². The largest absolute Gasteiger partial charge is 0.379 e. The fraction of sp³-hybridized carbons (Fsp3) is 1.00. The van der Waals surface area contributed by atoms with E-state index in [1.807, 2.05) is 0 Å². The second-order valence-electron chi connectivity index (χ2n) is 1.04. The Balaban J connectivity index is 2.41. The molecule has 6 heavy (non-hydrogen) atoms. The molecule has 1 heterocycles. The summed E-state index contributed by atoms with van der Waals surface area (Å²) in [4.78, 5) is 0. The fourth-order valence-electron chi connectivity index (χ4n) is 0.324. The molecule has 1 fully saturated rings. The molecule has 2 nitrogen and oxygen atoms in total. The van der Waals surface area contributed by atoms with Crippen molar-refractivity contribution in [2.24, 2.45) is 0 Å². The van der Waals surface area contributed by atoms with Crippen LogP contribution in [0.3, 0.4) is 0 Å². The minimum atomic E-state index is -1.51. The molecule has 0 aliphatic carbocycles. The quantitative estimate of drug-likeness (QED) is 0.437. The van der Waals surface area contributed by atoms with Crippen molar-refractivity contribution in [1.82, 2.24) is 5.32 Å². The van der Waals surface area contributed by atoms with Gasteiger partial charge in [0.2, 0.25) is 0 Å². The molecule has 1 aliphatic rings. The van der Waals surface area contributed by atoms with Gasteiger partial charge in [0.15, 0.2) is 0 Å². The Kier molecular flexibility index (Phi) is 0.648. The topological polar surface area (TPSA) is 21.3 Å². The van der Waals surface area contributed by atoms with E-state index in [9.17, 15) is 0 Å². The van der Waals surface area contributed by atoms with E-state index in [-0.39, 0.29) is 13.2 Å². The van der Waals surface area contributed by atoms with E-state index in [0.29, 0.717) is 0 Å². The molecule has 2 heteroatoms. The van der Waals surface area contributed by atoms with E-state index >= 15 is 0 Å². The van der Waals surface area contributed by atoms with Gasteiger partial charge in [-0.2, -0.15) is 0 Å². The number of nitrogens with one attached hydrogen (secondary N) is 1. The van der Waals surface area contributed by atoms with Crippen LogP contribution in [0.25, 0.3) is 0 Å². The van der Waals surface area contributed by atoms with Gasteiger partial charge in [-0.05, 0) is 0 Å². The molecule has 1 atom stereocenters. The summed E-state index contributed by atoms with van der Waals surface area (Å²) in [5, 5.41) is 2.43. The number of morpholine rings is 1. The summed E-state index contributed by atoms with van der Waals surface area (Å²) >= 11 is 0. The van der Waals surface area contributed by atoms with E-state index in [1.165, 1.54) is 0 Å². The third-order valence-corrected chi connectivity index (χ3v) is 0.580. The Bertz CT molecular complexity index is 108. The molecule has 0 saturated carbocycles. The summed E-state index contributed by atoms with van der Waals surface area (Å²) in [7, 11) is 0. The first kappa shape index (κ1) is 1.80. The van der Waals surface area contributed by atoms with Crippen molar-refractivity contribution in [3.05, 3.63) is 0 Å². The third-order valence-electron chi connectivity index (χ3n) is 0.580. The Hall–Kier alpha value is -0.0800. The molecular weight excluding hydrogens is 78.0 g/mol.